The molecule has 0 bridgehead atoms. The SMILES string of the molecule is CCCCCCN1CCC2(CC1)CC(=O)c1cc(N)c(N)cc1O2. The molecule has 1 fully saturated rings. The van der Waals surface area contributed by atoms with Gasteiger partial charge in [-0.2, -0.15) is 0 Å². The third kappa shape index (κ3) is 3.51. The van der Waals surface area contributed by atoms with Crippen molar-refractivity contribution in [1.29, 1.82) is 0 Å². The zero-order valence-corrected chi connectivity index (χ0v) is 14.6. The predicted octanol–water partition coefficient (Wildman–Crippen LogP) is 3.23. The van der Waals surface area contributed by atoms with Crippen LogP contribution in [0.15, 0.2) is 12.1 Å². The van der Waals surface area contributed by atoms with E-state index < -0.39 is 0 Å². The molecule has 0 aliphatic carbocycles. The van der Waals surface area contributed by atoms with Gasteiger partial charge in [-0.05, 0) is 19.0 Å². The molecule has 1 aromatic rings. The monoisotopic (exact) mass is 331 g/mol. The lowest BCUT2D eigenvalue weighted by atomic mass is 9.82. The number of rotatable bonds is 5. The maximum absolute atomic E-state index is 12.6. The first-order chi connectivity index (χ1) is 11.5. The quantitative estimate of drug-likeness (QED) is 0.639. The highest BCUT2D eigenvalue weighted by Gasteiger charge is 2.43. The Labute approximate surface area is 144 Å². The first kappa shape index (κ1) is 17.1. The fourth-order valence-electron chi connectivity index (χ4n) is 3.80. The summed E-state index contributed by atoms with van der Waals surface area (Å²) in [6, 6.07) is 3.36. The Bertz CT molecular complexity index is 607. The number of nitrogens with two attached hydrogens (primary N) is 2. The number of ketones is 1. The van der Waals surface area contributed by atoms with E-state index in [0.717, 1.165) is 32.5 Å². The van der Waals surface area contributed by atoms with E-state index in [1.807, 2.05) is 0 Å². The van der Waals surface area contributed by atoms with Crippen LogP contribution in [0.2, 0.25) is 0 Å². The Kier molecular flexibility index (Phi) is 4.99. The molecule has 0 unspecified atom stereocenters. The molecule has 3 rings (SSSR count). The van der Waals surface area contributed by atoms with Crippen molar-refractivity contribution in [2.24, 2.45) is 0 Å². The van der Waals surface area contributed by atoms with Crippen LogP contribution < -0.4 is 16.2 Å². The fraction of sp³-hybridized carbons (Fsp3) is 0.632. The third-order valence-corrected chi connectivity index (χ3v) is 5.39. The molecule has 0 aromatic heterocycles. The Morgan fingerprint density at radius 1 is 1.12 bits per heavy atom. The molecule has 2 aliphatic rings. The highest BCUT2D eigenvalue weighted by atomic mass is 16.5. The van der Waals surface area contributed by atoms with Gasteiger partial charge in [0.1, 0.15) is 11.4 Å². The third-order valence-electron chi connectivity index (χ3n) is 5.39. The number of anilines is 2. The number of hydrogen-bond acceptors (Lipinski definition) is 5. The lowest BCUT2D eigenvalue weighted by Crippen LogP contribution is -2.51. The molecule has 0 radical (unpaired) electrons. The molecule has 0 saturated carbocycles. The number of piperidine rings is 1. The van der Waals surface area contributed by atoms with E-state index >= 15 is 0 Å². The highest BCUT2D eigenvalue weighted by Crippen LogP contribution is 2.41. The lowest BCUT2D eigenvalue weighted by Gasteiger charge is -2.44. The van der Waals surface area contributed by atoms with Crippen molar-refractivity contribution in [3.8, 4) is 5.75 Å². The van der Waals surface area contributed by atoms with Gasteiger partial charge in [-0.1, -0.05) is 26.2 Å². The van der Waals surface area contributed by atoms with Crippen LogP contribution in [0.1, 0.15) is 62.2 Å². The maximum atomic E-state index is 12.6. The van der Waals surface area contributed by atoms with Crippen molar-refractivity contribution in [2.75, 3.05) is 31.1 Å². The van der Waals surface area contributed by atoms with Crippen LogP contribution >= 0.6 is 0 Å². The summed E-state index contributed by atoms with van der Waals surface area (Å²) in [6.07, 6.45) is 7.41. The van der Waals surface area contributed by atoms with Gasteiger partial charge in [-0.3, -0.25) is 4.79 Å². The summed E-state index contributed by atoms with van der Waals surface area (Å²) >= 11 is 0. The van der Waals surface area contributed by atoms with E-state index in [1.54, 1.807) is 12.1 Å². The minimum Gasteiger partial charge on any atom is -0.486 e. The lowest BCUT2D eigenvalue weighted by molar-refractivity contribution is -0.00912. The zero-order chi connectivity index (χ0) is 17.2. The van der Waals surface area contributed by atoms with E-state index in [0.29, 0.717) is 29.1 Å². The summed E-state index contributed by atoms with van der Waals surface area (Å²) in [6.45, 7) is 5.39. The second-order valence-corrected chi connectivity index (χ2v) is 7.26. The number of likely N-dealkylation sites (tertiary alicyclic amines) is 1. The van der Waals surface area contributed by atoms with E-state index in [1.165, 1.54) is 25.7 Å². The van der Waals surface area contributed by atoms with Crippen molar-refractivity contribution in [1.82, 2.24) is 4.90 Å². The normalized spacial score (nSPS) is 20.0. The Hall–Kier alpha value is -1.75. The largest absolute Gasteiger partial charge is 0.486 e. The van der Waals surface area contributed by atoms with Crippen LogP contribution in [0.3, 0.4) is 0 Å². The van der Waals surface area contributed by atoms with Crippen molar-refractivity contribution in [2.45, 2.75) is 57.5 Å². The number of benzene rings is 1. The smallest absolute Gasteiger partial charge is 0.170 e. The minimum absolute atomic E-state index is 0.124. The number of nitrogens with zero attached hydrogens (tertiary/aromatic N) is 1. The van der Waals surface area contributed by atoms with Gasteiger partial charge in [0.25, 0.3) is 0 Å². The topological polar surface area (TPSA) is 81.6 Å². The summed E-state index contributed by atoms with van der Waals surface area (Å²) in [5.41, 5.74) is 12.9. The number of Topliss-reactive ketones (excluding diaryl/α,β-unsaturated/α-hetero) is 1. The number of nitrogen functional groups attached to an aromatic ring is 2. The van der Waals surface area contributed by atoms with Gasteiger partial charge in [0, 0.05) is 32.0 Å². The molecule has 2 aliphatic heterocycles. The standard InChI is InChI=1S/C19H29N3O2/c1-2-3-4-5-8-22-9-6-19(7-10-22)13-17(23)14-11-15(20)16(21)12-18(14)24-19/h11-12H,2-10,13,20-21H2,1H3. The van der Waals surface area contributed by atoms with Crippen molar-refractivity contribution >= 4 is 17.2 Å². The molecule has 2 heterocycles. The summed E-state index contributed by atoms with van der Waals surface area (Å²) in [5.74, 6) is 0.730. The molecule has 5 heteroatoms. The zero-order valence-electron chi connectivity index (χ0n) is 14.6. The second kappa shape index (κ2) is 7.01. The van der Waals surface area contributed by atoms with E-state index in [4.69, 9.17) is 16.2 Å². The molecule has 0 atom stereocenters. The Morgan fingerprint density at radius 3 is 2.54 bits per heavy atom. The molecule has 4 N–H and O–H groups in total. The number of hydrogen-bond donors (Lipinski definition) is 2. The molecule has 132 valence electrons. The number of ether oxygens (including phenoxy) is 1. The Morgan fingerprint density at radius 2 is 1.83 bits per heavy atom. The molecular formula is C19H29N3O2. The van der Waals surface area contributed by atoms with Crippen molar-refractivity contribution in [3.05, 3.63) is 17.7 Å². The molecular weight excluding hydrogens is 302 g/mol. The van der Waals surface area contributed by atoms with Crippen molar-refractivity contribution in [3.63, 3.8) is 0 Å². The van der Waals surface area contributed by atoms with Gasteiger partial charge in [-0.25, -0.2) is 0 Å². The Balaban J connectivity index is 1.62. The summed E-state index contributed by atoms with van der Waals surface area (Å²) in [5, 5.41) is 0. The first-order valence-electron chi connectivity index (χ1n) is 9.16. The molecule has 1 spiro atoms. The average molecular weight is 331 g/mol. The molecule has 1 saturated heterocycles. The fourth-order valence-corrected chi connectivity index (χ4v) is 3.80. The van der Waals surface area contributed by atoms with Crippen LogP contribution in [-0.4, -0.2) is 35.9 Å². The van der Waals surface area contributed by atoms with Gasteiger partial charge in [0.15, 0.2) is 5.78 Å². The van der Waals surface area contributed by atoms with Crippen LogP contribution in [0.25, 0.3) is 0 Å². The average Bonchev–Trinajstić information content (AvgIpc) is 2.56. The predicted molar refractivity (Wildman–Crippen MR) is 97.4 cm³/mol. The summed E-state index contributed by atoms with van der Waals surface area (Å²) in [7, 11) is 0. The van der Waals surface area contributed by atoms with Gasteiger partial charge in [-0.15, -0.1) is 0 Å². The van der Waals surface area contributed by atoms with Gasteiger partial charge < -0.3 is 21.1 Å². The molecule has 0 amide bonds. The van der Waals surface area contributed by atoms with Crippen LogP contribution in [0, 0.1) is 0 Å². The van der Waals surface area contributed by atoms with E-state index in [-0.39, 0.29) is 11.4 Å². The number of unbranched alkanes of at least 4 members (excludes halogenated alkanes) is 3. The number of carbonyl (C=O) groups is 1. The van der Waals surface area contributed by atoms with Gasteiger partial charge >= 0.3 is 0 Å². The number of fused-ring (bicyclic) bond motifs is 1. The van der Waals surface area contributed by atoms with Crippen LogP contribution in [0.5, 0.6) is 5.75 Å². The van der Waals surface area contributed by atoms with Gasteiger partial charge in [0.2, 0.25) is 0 Å². The van der Waals surface area contributed by atoms with Crippen molar-refractivity contribution < 1.29 is 9.53 Å². The summed E-state index contributed by atoms with van der Waals surface area (Å²) < 4.78 is 6.27. The van der Waals surface area contributed by atoms with E-state index in [2.05, 4.69) is 11.8 Å². The molecule has 24 heavy (non-hydrogen) atoms. The maximum Gasteiger partial charge on any atom is 0.170 e. The minimum atomic E-state index is -0.355. The number of carbonyl (C=O) groups excluding carboxylic acids is 1. The van der Waals surface area contributed by atoms with E-state index in [9.17, 15) is 4.79 Å². The second-order valence-electron chi connectivity index (χ2n) is 7.26. The van der Waals surface area contributed by atoms with Gasteiger partial charge in [0.05, 0.1) is 23.4 Å². The summed E-state index contributed by atoms with van der Waals surface area (Å²) in [4.78, 5) is 15.1. The first-order valence-corrected chi connectivity index (χ1v) is 9.16. The highest BCUT2D eigenvalue weighted by molar-refractivity contribution is 6.02. The van der Waals surface area contributed by atoms with Crippen LogP contribution in [-0.2, 0) is 0 Å². The van der Waals surface area contributed by atoms with Crippen LogP contribution in [0.4, 0.5) is 11.4 Å². The molecule has 1 aromatic carbocycles. The molecule has 5 nitrogen and oxygen atoms in total.